The van der Waals surface area contributed by atoms with Gasteiger partial charge in [-0.1, -0.05) is 6.08 Å². The van der Waals surface area contributed by atoms with Crippen molar-refractivity contribution in [3.8, 4) is 0 Å². The Morgan fingerprint density at radius 2 is 2.04 bits per heavy atom. The Morgan fingerprint density at radius 1 is 1.26 bits per heavy atom. The summed E-state index contributed by atoms with van der Waals surface area (Å²) < 4.78 is 36.9. The van der Waals surface area contributed by atoms with Crippen LogP contribution in [-0.4, -0.2) is 30.5 Å². The van der Waals surface area contributed by atoms with Crippen LogP contribution in [0.2, 0.25) is 0 Å². The zero-order valence-electron chi connectivity index (χ0n) is 11.9. The van der Waals surface area contributed by atoms with Crippen LogP contribution in [-0.2, 0) is 14.6 Å². The van der Waals surface area contributed by atoms with E-state index in [0.717, 1.165) is 12.3 Å². The first kappa shape index (κ1) is 15.2. The highest BCUT2D eigenvalue weighted by Crippen LogP contribution is 2.20. The minimum atomic E-state index is -3.49. The molecule has 0 spiro atoms. The fourth-order valence-electron chi connectivity index (χ4n) is 2.07. The highest BCUT2D eigenvalue weighted by molar-refractivity contribution is 7.90. The fourth-order valence-corrected chi connectivity index (χ4v) is 2.70. The number of hydrogen-bond donors (Lipinski definition) is 1. The summed E-state index contributed by atoms with van der Waals surface area (Å²) >= 11 is 0. The van der Waals surface area contributed by atoms with E-state index in [1.807, 2.05) is 0 Å². The third kappa shape index (κ3) is 3.09. The van der Waals surface area contributed by atoms with Gasteiger partial charge < -0.3 is 5.32 Å². The molecule has 0 unspecified atom stereocenters. The van der Waals surface area contributed by atoms with Gasteiger partial charge in [0.2, 0.25) is 0 Å². The molecule has 23 heavy (non-hydrogen) atoms. The Bertz CT molecular complexity index is 1030. The number of fused-ring (bicyclic) bond motifs is 1. The second-order valence-electron chi connectivity index (χ2n) is 4.91. The summed E-state index contributed by atoms with van der Waals surface area (Å²) in [5.74, 6) is -0.757. The van der Waals surface area contributed by atoms with Crippen molar-refractivity contribution in [2.24, 2.45) is 4.99 Å². The van der Waals surface area contributed by atoms with Crippen LogP contribution in [0.15, 0.2) is 34.4 Å². The number of hydrogen-bond acceptors (Lipinski definition) is 6. The number of carbonyl (C=O) groups excluding carboxylic acids is 1. The number of nitrogens with zero attached hydrogens (tertiary/aromatic N) is 3. The molecule has 1 aromatic carbocycles. The topological polar surface area (TPSA) is 101 Å². The maximum atomic E-state index is 14.1. The van der Waals surface area contributed by atoms with Crippen molar-refractivity contribution in [2.45, 2.75) is 11.3 Å². The normalized spacial score (nSPS) is 13.7. The average molecular weight is 334 g/mol. The lowest BCUT2D eigenvalue weighted by Gasteiger charge is -2.09. The lowest BCUT2D eigenvalue weighted by Crippen LogP contribution is -2.35. The fraction of sp³-hybridized carbons (Fsp3) is 0.143. The van der Waals surface area contributed by atoms with Crippen molar-refractivity contribution in [1.29, 1.82) is 0 Å². The van der Waals surface area contributed by atoms with Crippen molar-refractivity contribution in [3.05, 3.63) is 41.0 Å². The van der Waals surface area contributed by atoms with E-state index in [2.05, 4.69) is 20.3 Å². The molecule has 3 rings (SSSR count). The number of aromatic nitrogens is 2. The minimum absolute atomic E-state index is 0.0589. The zero-order chi connectivity index (χ0) is 16.6. The van der Waals surface area contributed by atoms with E-state index in [1.165, 1.54) is 18.5 Å². The third-order valence-electron chi connectivity index (χ3n) is 3.20. The van der Waals surface area contributed by atoms with Gasteiger partial charge in [-0.05, 0) is 18.2 Å². The Labute approximate surface area is 130 Å². The van der Waals surface area contributed by atoms with Crippen LogP contribution in [0.3, 0.4) is 0 Å². The molecule has 1 amide bonds. The SMILES string of the molecule is CS(=O)(=O)c1ccc(Nc2ncnc3c2=CCC(=O)N=3)c(F)c1. The third-order valence-corrected chi connectivity index (χ3v) is 4.31. The molecule has 0 radical (unpaired) electrons. The standard InChI is InChI=1S/C14H11FN4O3S/c1-23(21,22)8-2-4-11(10(15)6-8)18-13-9-3-5-12(20)19-14(9)17-7-16-13/h2-4,6-7H,5H2,1H3,(H,16,17,18,19,20). The van der Waals surface area contributed by atoms with E-state index in [4.69, 9.17) is 0 Å². The summed E-state index contributed by atoms with van der Waals surface area (Å²) in [5.41, 5.74) is 0.274. The largest absolute Gasteiger partial charge is 0.337 e. The van der Waals surface area contributed by atoms with Gasteiger partial charge in [-0.25, -0.2) is 22.8 Å². The number of rotatable bonds is 3. The molecule has 0 atom stereocenters. The Hall–Kier alpha value is -2.68. The quantitative estimate of drug-likeness (QED) is 0.854. The van der Waals surface area contributed by atoms with Gasteiger partial charge in [0.25, 0.3) is 5.91 Å². The molecule has 9 heteroatoms. The van der Waals surface area contributed by atoms with Gasteiger partial charge in [0, 0.05) is 12.7 Å². The van der Waals surface area contributed by atoms with Crippen molar-refractivity contribution < 1.29 is 17.6 Å². The zero-order valence-corrected chi connectivity index (χ0v) is 12.8. The molecular weight excluding hydrogens is 323 g/mol. The molecule has 1 aliphatic heterocycles. The number of anilines is 2. The van der Waals surface area contributed by atoms with Crippen molar-refractivity contribution >= 4 is 33.3 Å². The summed E-state index contributed by atoms with van der Waals surface area (Å²) in [5, 5.41) is 3.27. The average Bonchev–Trinajstić information content (AvgIpc) is 2.48. The lowest BCUT2D eigenvalue weighted by molar-refractivity contribution is -0.117. The number of nitrogens with one attached hydrogen (secondary N) is 1. The molecular formula is C14H11FN4O3S. The monoisotopic (exact) mass is 334 g/mol. The molecule has 7 nitrogen and oxygen atoms in total. The summed E-state index contributed by atoms with van der Waals surface area (Å²) in [7, 11) is -3.49. The van der Waals surface area contributed by atoms with Crippen molar-refractivity contribution in [1.82, 2.24) is 9.97 Å². The van der Waals surface area contributed by atoms with Crippen LogP contribution in [0.25, 0.3) is 6.08 Å². The van der Waals surface area contributed by atoms with Crippen molar-refractivity contribution in [2.75, 3.05) is 11.6 Å². The second-order valence-corrected chi connectivity index (χ2v) is 6.93. The van der Waals surface area contributed by atoms with Crippen LogP contribution in [0.1, 0.15) is 6.42 Å². The van der Waals surface area contributed by atoms with Gasteiger partial charge >= 0.3 is 0 Å². The molecule has 0 bridgehead atoms. The number of halogens is 1. The molecule has 1 N–H and O–H groups in total. The van der Waals surface area contributed by atoms with E-state index in [-0.39, 0.29) is 34.2 Å². The van der Waals surface area contributed by atoms with Gasteiger partial charge in [-0.15, -0.1) is 0 Å². The Morgan fingerprint density at radius 3 is 2.74 bits per heavy atom. The smallest absolute Gasteiger partial charge is 0.251 e. The molecule has 2 aromatic rings. The van der Waals surface area contributed by atoms with Crippen LogP contribution in [0, 0.1) is 5.82 Å². The lowest BCUT2D eigenvalue weighted by atomic mass is 10.2. The van der Waals surface area contributed by atoms with Gasteiger partial charge in [-0.2, -0.15) is 4.99 Å². The molecule has 1 aromatic heterocycles. The minimum Gasteiger partial charge on any atom is -0.337 e. The van der Waals surface area contributed by atoms with E-state index in [0.29, 0.717) is 5.22 Å². The summed E-state index contributed by atoms with van der Waals surface area (Å²) in [6.45, 7) is 0. The van der Waals surface area contributed by atoms with Gasteiger partial charge in [0.1, 0.15) is 18.0 Å². The highest BCUT2D eigenvalue weighted by Gasteiger charge is 2.13. The molecule has 0 fully saturated rings. The number of amides is 1. The van der Waals surface area contributed by atoms with Gasteiger partial charge in [-0.3, -0.25) is 4.79 Å². The first-order valence-corrected chi connectivity index (χ1v) is 8.43. The first-order valence-electron chi connectivity index (χ1n) is 6.54. The Kier molecular flexibility index (Phi) is 3.64. The highest BCUT2D eigenvalue weighted by atomic mass is 32.2. The van der Waals surface area contributed by atoms with E-state index in [9.17, 15) is 17.6 Å². The van der Waals surface area contributed by atoms with Crippen molar-refractivity contribution in [3.63, 3.8) is 0 Å². The number of carbonyl (C=O) groups is 1. The maximum Gasteiger partial charge on any atom is 0.251 e. The molecule has 0 aliphatic carbocycles. The number of sulfone groups is 1. The van der Waals surface area contributed by atoms with Gasteiger partial charge in [0.15, 0.2) is 15.3 Å². The van der Waals surface area contributed by atoms with Crippen LogP contribution in [0.4, 0.5) is 15.9 Å². The molecule has 2 heterocycles. The maximum absolute atomic E-state index is 14.1. The molecule has 118 valence electrons. The Balaban J connectivity index is 2.04. The van der Waals surface area contributed by atoms with E-state index < -0.39 is 15.7 Å². The van der Waals surface area contributed by atoms with Crippen LogP contribution in [0.5, 0.6) is 0 Å². The van der Waals surface area contributed by atoms with E-state index in [1.54, 1.807) is 6.08 Å². The number of benzene rings is 1. The predicted octanol–water partition coefficient (Wildman–Crippen LogP) is 0.0932. The van der Waals surface area contributed by atoms with Gasteiger partial charge in [0.05, 0.1) is 15.8 Å². The first-order chi connectivity index (χ1) is 10.8. The van der Waals surface area contributed by atoms with Crippen LogP contribution < -0.4 is 16.0 Å². The molecule has 0 saturated heterocycles. The summed E-state index contributed by atoms with van der Waals surface area (Å²) in [6, 6.07) is 3.54. The summed E-state index contributed by atoms with van der Waals surface area (Å²) in [4.78, 5) is 22.9. The second kappa shape index (κ2) is 5.51. The molecule has 1 aliphatic rings. The predicted molar refractivity (Wildman–Crippen MR) is 79.7 cm³/mol. The van der Waals surface area contributed by atoms with Crippen LogP contribution >= 0.6 is 0 Å². The van der Waals surface area contributed by atoms with E-state index >= 15 is 0 Å². The summed E-state index contributed by atoms with van der Waals surface area (Å²) in [6.07, 6.45) is 3.93. The molecule has 0 saturated carbocycles.